The maximum Gasteiger partial charge on any atom is 0.320 e. The third-order valence-electron chi connectivity index (χ3n) is 4.43. The fraction of sp³-hybridized carbons (Fsp3) is 0.688. The number of aromatic amines is 1. The van der Waals surface area contributed by atoms with Crippen LogP contribution in [0.25, 0.3) is 11.2 Å². The van der Waals surface area contributed by atoms with Crippen LogP contribution in [0.2, 0.25) is 0 Å². The van der Waals surface area contributed by atoms with Crippen molar-refractivity contribution in [2.75, 3.05) is 24.6 Å². The summed E-state index contributed by atoms with van der Waals surface area (Å²) in [6.07, 6.45) is -0.245. The zero-order chi connectivity index (χ0) is 20.8. The molecule has 1 N–H and O–H groups in total. The van der Waals surface area contributed by atoms with Crippen LogP contribution in [0, 0.1) is 5.41 Å². The van der Waals surface area contributed by atoms with Gasteiger partial charge in [0.15, 0.2) is 17.2 Å². The van der Waals surface area contributed by atoms with Gasteiger partial charge in [-0.15, -0.1) is 15.3 Å². The van der Waals surface area contributed by atoms with Crippen LogP contribution in [0.1, 0.15) is 46.0 Å². The Balaban J connectivity index is 1.75. The Hall–Kier alpha value is -2.99. The molecule has 0 aliphatic carbocycles. The van der Waals surface area contributed by atoms with Gasteiger partial charge in [-0.05, 0) is 22.8 Å². The average Bonchev–Trinajstić information content (AvgIpc) is 3.37. The first-order valence-electron chi connectivity index (χ1n) is 9.25. The molecule has 11 nitrogen and oxygen atoms in total. The fourth-order valence-electron chi connectivity index (χ4n) is 2.90. The molecule has 0 radical (unpaired) electrons. The number of alkyl halides is 2. The molecule has 0 saturated carbocycles. The van der Waals surface area contributed by atoms with Crippen molar-refractivity contribution in [3.8, 4) is 6.01 Å². The number of tetrazole rings is 1. The number of aromatic nitrogens is 9. The van der Waals surface area contributed by atoms with Gasteiger partial charge in [-0.1, -0.05) is 20.8 Å². The molecule has 1 unspecified atom stereocenters. The van der Waals surface area contributed by atoms with Crippen molar-refractivity contribution in [3.05, 3.63) is 5.82 Å². The predicted molar refractivity (Wildman–Crippen MR) is 97.8 cm³/mol. The molecule has 0 spiro atoms. The number of fused-ring (bicyclic) bond motifs is 1. The fourth-order valence-corrected chi connectivity index (χ4v) is 2.90. The van der Waals surface area contributed by atoms with Crippen molar-refractivity contribution >= 4 is 17.0 Å². The third-order valence-corrected chi connectivity index (χ3v) is 4.43. The van der Waals surface area contributed by atoms with Gasteiger partial charge in [-0.2, -0.15) is 14.8 Å². The van der Waals surface area contributed by atoms with E-state index in [0.29, 0.717) is 17.9 Å². The van der Waals surface area contributed by atoms with E-state index in [1.54, 1.807) is 6.92 Å². The Morgan fingerprint density at radius 1 is 1.24 bits per heavy atom. The molecule has 1 atom stereocenters. The normalized spacial score (nSPS) is 17.8. The number of rotatable bonds is 5. The van der Waals surface area contributed by atoms with E-state index >= 15 is 0 Å². The first-order chi connectivity index (χ1) is 13.6. The summed E-state index contributed by atoms with van der Waals surface area (Å²) in [7, 11) is 0. The van der Waals surface area contributed by atoms with Gasteiger partial charge >= 0.3 is 6.01 Å². The van der Waals surface area contributed by atoms with E-state index in [1.807, 2.05) is 20.8 Å². The summed E-state index contributed by atoms with van der Waals surface area (Å²) >= 11 is 0. The molecule has 3 aromatic rings. The van der Waals surface area contributed by atoms with Crippen molar-refractivity contribution in [3.63, 3.8) is 0 Å². The van der Waals surface area contributed by atoms with Crippen LogP contribution in [-0.2, 0) is 0 Å². The van der Waals surface area contributed by atoms with Gasteiger partial charge < -0.3 is 9.64 Å². The van der Waals surface area contributed by atoms with Gasteiger partial charge in [0.05, 0.1) is 13.2 Å². The predicted octanol–water partition coefficient (Wildman–Crippen LogP) is 1.61. The highest BCUT2D eigenvalue weighted by molar-refractivity contribution is 5.83. The highest BCUT2D eigenvalue weighted by Gasteiger charge is 2.40. The van der Waals surface area contributed by atoms with Crippen LogP contribution in [0.15, 0.2) is 0 Å². The third kappa shape index (κ3) is 4.07. The average molecular weight is 408 g/mol. The quantitative estimate of drug-likeness (QED) is 0.670. The van der Waals surface area contributed by atoms with Crippen LogP contribution < -0.4 is 9.64 Å². The first kappa shape index (κ1) is 19.3. The minimum Gasteiger partial charge on any atom is -0.463 e. The van der Waals surface area contributed by atoms with Crippen molar-refractivity contribution in [2.24, 2.45) is 5.41 Å². The van der Waals surface area contributed by atoms with Gasteiger partial charge in [-0.3, -0.25) is 0 Å². The van der Waals surface area contributed by atoms with Crippen molar-refractivity contribution in [1.29, 1.82) is 0 Å². The second-order valence-corrected chi connectivity index (χ2v) is 8.36. The Morgan fingerprint density at radius 3 is 2.66 bits per heavy atom. The number of halogens is 2. The zero-order valence-electron chi connectivity index (χ0n) is 16.6. The maximum absolute atomic E-state index is 13.8. The standard InChI is InChI=1S/C16H22F2N10O/c1-9(11-21-25-26-22-11)28-23-10-12(24-28)19-14(29-8-15(2,3)4)20-13(10)27-6-5-16(17,18)7-27/h9H,5-8H2,1-4H3,(H,21,22,25,26). The lowest BCUT2D eigenvalue weighted by atomic mass is 9.99. The molecule has 1 aliphatic rings. The molecule has 4 heterocycles. The van der Waals surface area contributed by atoms with Crippen molar-refractivity contribution < 1.29 is 13.5 Å². The SMILES string of the molecule is CC(c1nnn[nH]1)n1nc2nc(OCC(C)(C)C)nc(N3CCC(F)(F)C3)c2n1. The van der Waals surface area contributed by atoms with Crippen molar-refractivity contribution in [2.45, 2.75) is 46.1 Å². The van der Waals surface area contributed by atoms with E-state index in [4.69, 9.17) is 4.74 Å². The molecule has 1 aliphatic heterocycles. The Morgan fingerprint density at radius 2 is 2.03 bits per heavy atom. The molecule has 1 fully saturated rings. The second kappa shape index (κ2) is 6.81. The molecule has 156 valence electrons. The lowest BCUT2D eigenvalue weighted by molar-refractivity contribution is 0.0257. The number of H-pyrrole nitrogens is 1. The van der Waals surface area contributed by atoms with Gasteiger partial charge in [0.1, 0.15) is 6.04 Å². The summed E-state index contributed by atoms with van der Waals surface area (Å²) in [6.45, 7) is 7.92. The van der Waals surface area contributed by atoms with E-state index in [0.717, 1.165) is 0 Å². The Labute approximate surface area is 164 Å². The summed E-state index contributed by atoms with van der Waals surface area (Å²) < 4.78 is 33.4. The zero-order valence-corrected chi connectivity index (χ0v) is 16.6. The van der Waals surface area contributed by atoms with Gasteiger partial charge in [0, 0.05) is 13.0 Å². The van der Waals surface area contributed by atoms with E-state index in [-0.39, 0.29) is 35.9 Å². The molecule has 0 bridgehead atoms. The Kier molecular flexibility index (Phi) is 4.54. The maximum atomic E-state index is 13.8. The summed E-state index contributed by atoms with van der Waals surface area (Å²) in [5, 5.41) is 22.5. The highest BCUT2D eigenvalue weighted by Crippen LogP contribution is 2.33. The highest BCUT2D eigenvalue weighted by atomic mass is 19.3. The van der Waals surface area contributed by atoms with E-state index in [1.165, 1.54) is 9.70 Å². The number of hydrogen-bond acceptors (Lipinski definition) is 9. The lowest BCUT2D eigenvalue weighted by Gasteiger charge is -2.20. The molecule has 29 heavy (non-hydrogen) atoms. The Bertz CT molecular complexity index is 997. The first-order valence-corrected chi connectivity index (χ1v) is 9.25. The summed E-state index contributed by atoms with van der Waals surface area (Å²) in [6, 6.07) is -0.329. The summed E-state index contributed by atoms with van der Waals surface area (Å²) in [5.41, 5.74) is 0.462. The lowest BCUT2D eigenvalue weighted by Crippen LogP contribution is -2.26. The summed E-state index contributed by atoms with van der Waals surface area (Å²) in [4.78, 5) is 11.6. The molecule has 3 aromatic heterocycles. The second-order valence-electron chi connectivity index (χ2n) is 8.36. The number of nitrogens with zero attached hydrogens (tertiary/aromatic N) is 9. The van der Waals surface area contributed by atoms with Crippen LogP contribution in [0.3, 0.4) is 0 Å². The molecule has 0 amide bonds. The van der Waals surface area contributed by atoms with Gasteiger partial charge in [0.2, 0.25) is 5.65 Å². The molecular weight excluding hydrogens is 386 g/mol. The van der Waals surface area contributed by atoms with E-state index in [9.17, 15) is 8.78 Å². The van der Waals surface area contributed by atoms with Crippen LogP contribution in [-0.4, -0.2) is 71.2 Å². The minimum absolute atomic E-state index is 0.0821. The monoisotopic (exact) mass is 408 g/mol. The molecule has 4 rings (SSSR count). The van der Waals surface area contributed by atoms with Crippen LogP contribution >= 0.6 is 0 Å². The van der Waals surface area contributed by atoms with Gasteiger partial charge in [0.25, 0.3) is 5.92 Å². The van der Waals surface area contributed by atoms with Crippen LogP contribution in [0.5, 0.6) is 6.01 Å². The minimum atomic E-state index is -2.78. The number of hydrogen-bond donors (Lipinski definition) is 1. The van der Waals surface area contributed by atoms with E-state index in [2.05, 4.69) is 40.8 Å². The molecule has 0 aromatic carbocycles. The van der Waals surface area contributed by atoms with Crippen LogP contribution in [0.4, 0.5) is 14.6 Å². The molecule has 1 saturated heterocycles. The number of ether oxygens (including phenoxy) is 1. The number of anilines is 1. The van der Waals surface area contributed by atoms with Gasteiger partial charge in [-0.25, -0.2) is 13.9 Å². The molecule has 13 heteroatoms. The number of nitrogens with one attached hydrogen (secondary N) is 1. The summed E-state index contributed by atoms with van der Waals surface area (Å²) in [5.74, 6) is -2.04. The molecular formula is C16H22F2N10O. The van der Waals surface area contributed by atoms with Crippen molar-refractivity contribution in [1.82, 2.24) is 45.6 Å². The van der Waals surface area contributed by atoms with E-state index < -0.39 is 18.5 Å². The topological polar surface area (TPSA) is 123 Å². The largest absolute Gasteiger partial charge is 0.463 e. The smallest absolute Gasteiger partial charge is 0.320 e.